The second-order valence-electron chi connectivity index (χ2n) is 4.99. The van der Waals surface area contributed by atoms with Crippen LogP contribution >= 0.6 is 11.3 Å². The number of aromatic nitrogens is 2. The minimum absolute atomic E-state index is 0.124. The summed E-state index contributed by atoms with van der Waals surface area (Å²) in [4.78, 5) is 25.7. The summed E-state index contributed by atoms with van der Waals surface area (Å²) in [7, 11) is 2.11. The van der Waals surface area contributed by atoms with Crippen molar-refractivity contribution in [2.75, 3.05) is 43.4 Å². The Labute approximate surface area is 127 Å². The van der Waals surface area contributed by atoms with Crippen LogP contribution in [0.1, 0.15) is 9.67 Å². The molecule has 1 aliphatic heterocycles. The van der Waals surface area contributed by atoms with E-state index in [-0.39, 0.29) is 5.91 Å². The third-order valence-corrected chi connectivity index (χ3v) is 4.30. The van der Waals surface area contributed by atoms with Gasteiger partial charge in [-0.05, 0) is 18.5 Å². The molecular weight excluding hydrogens is 286 g/mol. The number of thiophene rings is 1. The lowest BCUT2D eigenvalue weighted by Crippen LogP contribution is -2.45. The zero-order chi connectivity index (χ0) is 14.7. The first kappa shape index (κ1) is 14.0. The number of rotatable bonds is 3. The predicted octanol–water partition coefficient (Wildman–Crippen LogP) is 1.54. The highest BCUT2D eigenvalue weighted by atomic mass is 32.1. The summed E-state index contributed by atoms with van der Waals surface area (Å²) in [6.07, 6.45) is 3.32. The van der Waals surface area contributed by atoms with Gasteiger partial charge in [0.1, 0.15) is 0 Å². The highest BCUT2D eigenvalue weighted by Gasteiger charge is 2.16. The number of carbonyl (C=O) groups excluding carboxylic acids is 1. The first-order valence-corrected chi connectivity index (χ1v) is 7.71. The highest BCUT2D eigenvalue weighted by Crippen LogP contribution is 2.14. The zero-order valence-corrected chi connectivity index (χ0v) is 12.6. The minimum atomic E-state index is -0.124. The molecule has 0 aromatic carbocycles. The van der Waals surface area contributed by atoms with E-state index in [9.17, 15) is 4.79 Å². The SMILES string of the molecule is CN1CCN(c2ncc(NC(=O)c3cccs3)cn2)CC1. The van der Waals surface area contributed by atoms with Gasteiger partial charge in [-0.1, -0.05) is 6.07 Å². The molecule has 1 fully saturated rings. The Morgan fingerprint density at radius 2 is 1.95 bits per heavy atom. The molecule has 7 heteroatoms. The fourth-order valence-corrected chi connectivity index (χ4v) is 2.77. The van der Waals surface area contributed by atoms with Crippen LogP contribution in [0.25, 0.3) is 0 Å². The molecule has 0 spiro atoms. The predicted molar refractivity (Wildman–Crippen MR) is 84.0 cm³/mol. The standard InChI is InChI=1S/C14H17N5OS/c1-18-4-6-19(7-5-18)14-15-9-11(10-16-14)17-13(20)12-3-2-8-21-12/h2-3,8-10H,4-7H2,1H3,(H,17,20). The van der Waals surface area contributed by atoms with Gasteiger partial charge in [0, 0.05) is 26.2 Å². The van der Waals surface area contributed by atoms with Gasteiger partial charge in [-0.25, -0.2) is 9.97 Å². The van der Waals surface area contributed by atoms with Gasteiger partial charge in [0.2, 0.25) is 5.95 Å². The summed E-state index contributed by atoms with van der Waals surface area (Å²) in [5.74, 6) is 0.596. The fourth-order valence-electron chi connectivity index (χ4n) is 2.16. The van der Waals surface area contributed by atoms with Gasteiger partial charge in [-0.3, -0.25) is 4.79 Å². The molecule has 0 unspecified atom stereocenters. The second-order valence-corrected chi connectivity index (χ2v) is 5.94. The van der Waals surface area contributed by atoms with Crippen molar-refractivity contribution in [2.45, 2.75) is 0 Å². The fraction of sp³-hybridized carbons (Fsp3) is 0.357. The molecular formula is C14H17N5OS. The molecule has 1 amide bonds. The normalized spacial score (nSPS) is 16.0. The van der Waals surface area contributed by atoms with E-state index in [4.69, 9.17) is 0 Å². The average Bonchev–Trinajstić information content (AvgIpc) is 3.03. The van der Waals surface area contributed by atoms with E-state index < -0.39 is 0 Å². The Morgan fingerprint density at radius 3 is 2.57 bits per heavy atom. The van der Waals surface area contributed by atoms with Crippen LogP contribution in [0.3, 0.4) is 0 Å². The minimum Gasteiger partial charge on any atom is -0.338 e. The first-order valence-electron chi connectivity index (χ1n) is 6.83. The molecule has 1 N–H and O–H groups in total. The van der Waals surface area contributed by atoms with Crippen molar-refractivity contribution in [3.63, 3.8) is 0 Å². The molecule has 0 aliphatic carbocycles. The molecule has 2 aromatic rings. The number of hydrogen-bond acceptors (Lipinski definition) is 6. The zero-order valence-electron chi connectivity index (χ0n) is 11.8. The Hall–Kier alpha value is -1.99. The number of likely N-dealkylation sites (N-methyl/N-ethyl adjacent to an activating group) is 1. The maximum absolute atomic E-state index is 11.9. The number of anilines is 2. The molecule has 21 heavy (non-hydrogen) atoms. The molecule has 6 nitrogen and oxygen atoms in total. The summed E-state index contributed by atoms with van der Waals surface area (Å²) in [6.45, 7) is 3.88. The molecule has 1 saturated heterocycles. The van der Waals surface area contributed by atoms with Crippen LogP contribution in [-0.2, 0) is 0 Å². The third-order valence-electron chi connectivity index (χ3n) is 3.43. The average molecular weight is 303 g/mol. The Bertz CT molecular complexity index is 590. The van der Waals surface area contributed by atoms with Crippen LogP contribution in [0, 0.1) is 0 Å². The molecule has 3 rings (SSSR count). The van der Waals surface area contributed by atoms with Gasteiger partial charge in [0.15, 0.2) is 0 Å². The monoisotopic (exact) mass is 303 g/mol. The van der Waals surface area contributed by atoms with Crippen LogP contribution in [0.4, 0.5) is 11.6 Å². The van der Waals surface area contributed by atoms with E-state index in [1.165, 1.54) is 11.3 Å². The van der Waals surface area contributed by atoms with Crippen molar-refractivity contribution in [3.05, 3.63) is 34.8 Å². The maximum Gasteiger partial charge on any atom is 0.265 e. The number of nitrogens with one attached hydrogen (secondary N) is 1. The molecule has 0 atom stereocenters. The number of amides is 1. The number of nitrogens with zero attached hydrogens (tertiary/aromatic N) is 4. The number of hydrogen-bond donors (Lipinski definition) is 1. The first-order chi connectivity index (χ1) is 10.2. The van der Waals surface area contributed by atoms with Crippen LogP contribution in [0.15, 0.2) is 29.9 Å². The lowest BCUT2D eigenvalue weighted by atomic mass is 10.3. The smallest absolute Gasteiger partial charge is 0.265 e. The molecule has 0 radical (unpaired) electrons. The van der Waals surface area contributed by atoms with Crippen LogP contribution < -0.4 is 10.2 Å². The molecule has 0 bridgehead atoms. The van der Waals surface area contributed by atoms with E-state index in [0.717, 1.165) is 32.1 Å². The lowest BCUT2D eigenvalue weighted by Gasteiger charge is -2.32. The quantitative estimate of drug-likeness (QED) is 0.932. The van der Waals surface area contributed by atoms with Crippen LogP contribution in [0.2, 0.25) is 0 Å². The Balaban J connectivity index is 1.63. The Morgan fingerprint density at radius 1 is 1.24 bits per heavy atom. The van der Waals surface area contributed by atoms with Gasteiger partial charge in [0.05, 0.1) is 23.0 Å². The lowest BCUT2D eigenvalue weighted by molar-refractivity contribution is 0.103. The molecule has 3 heterocycles. The van der Waals surface area contributed by atoms with Gasteiger partial charge >= 0.3 is 0 Å². The summed E-state index contributed by atoms with van der Waals surface area (Å²) in [5.41, 5.74) is 0.617. The van der Waals surface area contributed by atoms with Crippen molar-refractivity contribution in [3.8, 4) is 0 Å². The van der Waals surface area contributed by atoms with Crippen molar-refractivity contribution >= 4 is 28.9 Å². The van der Waals surface area contributed by atoms with Crippen LogP contribution in [-0.4, -0.2) is 54.0 Å². The number of piperazine rings is 1. The van der Waals surface area contributed by atoms with Crippen molar-refractivity contribution in [1.82, 2.24) is 14.9 Å². The van der Waals surface area contributed by atoms with Crippen molar-refractivity contribution in [1.29, 1.82) is 0 Å². The van der Waals surface area contributed by atoms with E-state index in [1.54, 1.807) is 18.5 Å². The molecule has 1 aliphatic rings. The summed E-state index contributed by atoms with van der Waals surface area (Å²) < 4.78 is 0. The molecule has 0 saturated carbocycles. The van der Waals surface area contributed by atoms with E-state index in [0.29, 0.717) is 10.6 Å². The highest BCUT2D eigenvalue weighted by molar-refractivity contribution is 7.12. The summed E-state index contributed by atoms with van der Waals surface area (Å²) in [5, 5.41) is 4.68. The van der Waals surface area contributed by atoms with E-state index in [1.807, 2.05) is 11.4 Å². The Kier molecular flexibility index (Phi) is 4.12. The third kappa shape index (κ3) is 3.37. The summed E-state index contributed by atoms with van der Waals surface area (Å²) in [6, 6.07) is 3.64. The second kappa shape index (κ2) is 6.19. The maximum atomic E-state index is 11.9. The van der Waals surface area contributed by atoms with E-state index >= 15 is 0 Å². The van der Waals surface area contributed by atoms with Gasteiger partial charge in [-0.2, -0.15) is 0 Å². The molecule has 110 valence electrons. The van der Waals surface area contributed by atoms with E-state index in [2.05, 4.69) is 32.1 Å². The summed E-state index contributed by atoms with van der Waals surface area (Å²) >= 11 is 1.41. The molecule has 2 aromatic heterocycles. The van der Waals surface area contributed by atoms with Gasteiger partial charge in [-0.15, -0.1) is 11.3 Å². The topological polar surface area (TPSA) is 61.4 Å². The van der Waals surface area contributed by atoms with Gasteiger partial charge < -0.3 is 15.1 Å². The van der Waals surface area contributed by atoms with Crippen LogP contribution in [0.5, 0.6) is 0 Å². The van der Waals surface area contributed by atoms with Gasteiger partial charge in [0.25, 0.3) is 5.91 Å². The van der Waals surface area contributed by atoms with Crippen molar-refractivity contribution in [2.24, 2.45) is 0 Å². The van der Waals surface area contributed by atoms with Crippen molar-refractivity contribution < 1.29 is 4.79 Å². The largest absolute Gasteiger partial charge is 0.338 e. The number of carbonyl (C=O) groups is 1.